The second-order valence-corrected chi connectivity index (χ2v) is 8.79. The van der Waals surface area contributed by atoms with Crippen molar-refractivity contribution in [2.75, 3.05) is 44.4 Å². The Morgan fingerprint density at radius 2 is 1.79 bits per heavy atom. The highest BCUT2D eigenvalue weighted by molar-refractivity contribution is 5.92. The number of benzene rings is 2. The molecule has 1 saturated heterocycles. The molecule has 0 amide bonds. The standard InChI is InChI=1S/C26H27N3O4/c30-26-18(16-31-23-15-25-24(14-20(23)26)32-17-33-25)4-1-2-9-28-10-12-29(13-11-28)22-6-3-5-21-19(22)7-8-27-21/h3,5-8,14-16,27H,1-2,4,9-13,17H2. The Kier molecular flexibility index (Phi) is 5.19. The first-order valence-electron chi connectivity index (χ1n) is 11.6. The molecule has 0 unspecified atom stereocenters. The Morgan fingerprint density at radius 3 is 2.67 bits per heavy atom. The van der Waals surface area contributed by atoms with Crippen LogP contribution in [0.1, 0.15) is 18.4 Å². The average molecular weight is 446 g/mol. The number of ether oxygens (including phenoxy) is 2. The average Bonchev–Trinajstić information content (AvgIpc) is 3.51. The molecule has 7 nitrogen and oxygen atoms in total. The number of hydrogen-bond donors (Lipinski definition) is 1. The lowest BCUT2D eigenvalue weighted by molar-refractivity contribution is 0.174. The van der Waals surface area contributed by atoms with E-state index in [1.165, 1.54) is 16.6 Å². The number of anilines is 1. The van der Waals surface area contributed by atoms with E-state index in [1.54, 1.807) is 18.4 Å². The molecule has 4 aromatic rings. The summed E-state index contributed by atoms with van der Waals surface area (Å²) in [6, 6.07) is 12.1. The molecule has 6 rings (SSSR count). The van der Waals surface area contributed by atoms with Crippen LogP contribution < -0.4 is 19.8 Å². The predicted octanol–water partition coefficient (Wildman–Crippen LogP) is 4.15. The Labute approximate surface area is 191 Å². The fourth-order valence-corrected chi connectivity index (χ4v) is 4.94. The maximum absolute atomic E-state index is 12.9. The Morgan fingerprint density at radius 1 is 0.939 bits per heavy atom. The molecule has 2 aliphatic rings. The zero-order valence-electron chi connectivity index (χ0n) is 18.5. The van der Waals surface area contributed by atoms with Crippen LogP contribution in [0.2, 0.25) is 0 Å². The molecule has 0 atom stereocenters. The van der Waals surface area contributed by atoms with Crippen molar-refractivity contribution in [1.29, 1.82) is 0 Å². The second kappa shape index (κ2) is 8.48. The molecule has 0 aliphatic carbocycles. The molecule has 7 heteroatoms. The number of aromatic nitrogens is 1. The topological polar surface area (TPSA) is 70.9 Å². The van der Waals surface area contributed by atoms with Gasteiger partial charge in [0.2, 0.25) is 6.79 Å². The summed E-state index contributed by atoms with van der Waals surface area (Å²) in [7, 11) is 0. The smallest absolute Gasteiger partial charge is 0.231 e. The first-order valence-corrected chi connectivity index (χ1v) is 11.6. The van der Waals surface area contributed by atoms with E-state index in [0.717, 1.165) is 57.5 Å². The number of nitrogens with one attached hydrogen (secondary N) is 1. The van der Waals surface area contributed by atoms with Gasteiger partial charge in [-0.15, -0.1) is 0 Å². The van der Waals surface area contributed by atoms with Gasteiger partial charge in [0, 0.05) is 60.6 Å². The van der Waals surface area contributed by atoms with Gasteiger partial charge < -0.3 is 23.8 Å². The molecule has 4 heterocycles. The lowest BCUT2D eigenvalue weighted by Crippen LogP contribution is -2.46. The van der Waals surface area contributed by atoms with Gasteiger partial charge in [0.15, 0.2) is 16.9 Å². The van der Waals surface area contributed by atoms with E-state index in [9.17, 15) is 4.79 Å². The summed E-state index contributed by atoms with van der Waals surface area (Å²) in [5.74, 6) is 1.24. The zero-order valence-corrected chi connectivity index (χ0v) is 18.5. The Hall–Kier alpha value is -3.45. The summed E-state index contributed by atoms with van der Waals surface area (Å²) in [6.07, 6.45) is 6.36. The number of aryl methyl sites for hydroxylation is 1. The third-order valence-electron chi connectivity index (χ3n) is 6.79. The molecule has 0 radical (unpaired) electrons. The van der Waals surface area contributed by atoms with Crippen LogP contribution in [-0.4, -0.2) is 49.4 Å². The largest absolute Gasteiger partial charge is 0.464 e. The number of fused-ring (bicyclic) bond motifs is 3. The van der Waals surface area contributed by atoms with E-state index in [-0.39, 0.29) is 12.2 Å². The van der Waals surface area contributed by atoms with Crippen molar-refractivity contribution in [2.24, 2.45) is 0 Å². The van der Waals surface area contributed by atoms with Gasteiger partial charge in [-0.3, -0.25) is 9.69 Å². The van der Waals surface area contributed by atoms with Gasteiger partial charge in [-0.2, -0.15) is 0 Å². The van der Waals surface area contributed by atoms with Crippen molar-refractivity contribution < 1.29 is 13.9 Å². The van der Waals surface area contributed by atoms with Crippen LogP contribution in [0.25, 0.3) is 21.9 Å². The number of unbranched alkanes of at least 4 members (excludes halogenated alkanes) is 1. The van der Waals surface area contributed by atoms with Crippen LogP contribution in [0.5, 0.6) is 11.5 Å². The van der Waals surface area contributed by atoms with Gasteiger partial charge in [0.25, 0.3) is 0 Å². The highest BCUT2D eigenvalue weighted by Gasteiger charge is 2.20. The quantitative estimate of drug-likeness (QED) is 0.450. The molecule has 33 heavy (non-hydrogen) atoms. The van der Waals surface area contributed by atoms with Crippen molar-refractivity contribution in [3.63, 3.8) is 0 Å². The van der Waals surface area contributed by atoms with E-state index in [0.29, 0.717) is 22.5 Å². The van der Waals surface area contributed by atoms with E-state index < -0.39 is 0 Å². The monoisotopic (exact) mass is 445 g/mol. The highest BCUT2D eigenvalue weighted by atomic mass is 16.7. The number of nitrogens with zero attached hydrogens (tertiary/aromatic N) is 2. The number of aromatic amines is 1. The van der Waals surface area contributed by atoms with Gasteiger partial charge in [-0.05, 0) is 50.1 Å². The van der Waals surface area contributed by atoms with Crippen molar-refractivity contribution in [3.05, 3.63) is 64.6 Å². The van der Waals surface area contributed by atoms with E-state index >= 15 is 0 Å². The van der Waals surface area contributed by atoms with Gasteiger partial charge in [0.1, 0.15) is 5.58 Å². The lowest BCUT2D eigenvalue weighted by atomic mass is 10.1. The SMILES string of the molecule is O=c1c(CCCCN2CCN(c3cccc4[nH]ccc34)CC2)coc2cc3c(cc12)OCO3. The fraction of sp³-hybridized carbons (Fsp3) is 0.346. The molecular weight excluding hydrogens is 418 g/mol. The second-order valence-electron chi connectivity index (χ2n) is 8.79. The van der Waals surface area contributed by atoms with Gasteiger partial charge >= 0.3 is 0 Å². The molecule has 2 aromatic heterocycles. The minimum absolute atomic E-state index is 0.0297. The third-order valence-corrected chi connectivity index (χ3v) is 6.79. The third kappa shape index (κ3) is 3.82. The maximum Gasteiger partial charge on any atom is 0.231 e. The first-order chi connectivity index (χ1) is 16.3. The molecule has 0 saturated carbocycles. The van der Waals surface area contributed by atoms with Crippen LogP contribution in [0.15, 0.2) is 58.1 Å². The summed E-state index contributed by atoms with van der Waals surface area (Å²) in [4.78, 5) is 21.2. The normalized spacial score (nSPS) is 16.2. The summed E-state index contributed by atoms with van der Waals surface area (Å²) < 4.78 is 16.5. The molecular formula is C26H27N3O4. The lowest BCUT2D eigenvalue weighted by Gasteiger charge is -2.36. The number of piperazine rings is 1. The van der Waals surface area contributed by atoms with E-state index in [1.807, 2.05) is 6.20 Å². The van der Waals surface area contributed by atoms with E-state index in [2.05, 4.69) is 39.0 Å². The van der Waals surface area contributed by atoms with Gasteiger partial charge in [-0.1, -0.05) is 6.07 Å². The van der Waals surface area contributed by atoms with Crippen molar-refractivity contribution in [2.45, 2.75) is 19.3 Å². The summed E-state index contributed by atoms with van der Waals surface area (Å²) >= 11 is 0. The summed E-state index contributed by atoms with van der Waals surface area (Å²) in [6.45, 7) is 5.43. The Bertz CT molecular complexity index is 1350. The fourth-order valence-electron chi connectivity index (χ4n) is 4.94. The predicted molar refractivity (Wildman–Crippen MR) is 128 cm³/mol. The van der Waals surface area contributed by atoms with Crippen molar-refractivity contribution in [1.82, 2.24) is 9.88 Å². The summed E-state index contributed by atoms with van der Waals surface area (Å²) in [5, 5.41) is 1.86. The van der Waals surface area contributed by atoms with Crippen LogP contribution in [0.4, 0.5) is 5.69 Å². The van der Waals surface area contributed by atoms with Gasteiger partial charge in [-0.25, -0.2) is 0 Å². The molecule has 170 valence electrons. The molecule has 0 bridgehead atoms. The molecule has 0 spiro atoms. The minimum Gasteiger partial charge on any atom is -0.464 e. The van der Waals surface area contributed by atoms with Crippen molar-refractivity contribution in [3.8, 4) is 11.5 Å². The van der Waals surface area contributed by atoms with E-state index in [4.69, 9.17) is 13.9 Å². The number of rotatable bonds is 6. The number of H-pyrrole nitrogens is 1. The molecule has 1 N–H and O–H groups in total. The van der Waals surface area contributed by atoms with Crippen LogP contribution in [0, 0.1) is 0 Å². The van der Waals surface area contributed by atoms with Crippen molar-refractivity contribution >= 4 is 27.6 Å². The molecule has 2 aliphatic heterocycles. The van der Waals surface area contributed by atoms with Crippen LogP contribution in [-0.2, 0) is 6.42 Å². The van der Waals surface area contributed by atoms with Crippen LogP contribution in [0.3, 0.4) is 0 Å². The minimum atomic E-state index is 0.0297. The molecule has 2 aromatic carbocycles. The van der Waals surface area contributed by atoms with Gasteiger partial charge in [0.05, 0.1) is 11.6 Å². The number of hydrogen-bond acceptors (Lipinski definition) is 6. The maximum atomic E-state index is 12.9. The Balaban J connectivity index is 1.02. The highest BCUT2D eigenvalue weighted by Crippen LogP contribution is 2.35. The molecule has 1 fully saturated rings. The zero-order chi connectivity index (χ0) is 22.2. The summed E-state index contributed by atoms with van der Waals surface area (Å²) in [5.41, 5.74) is 3.81. The van der Waals surface area contributed by atoms with Crippen LogP contribution >= 0.6 is 0 Å². The first kappa shape index (κ1) is 20.2.